The second kappa shape index (κ2) is 6.38. The summed E-state index contributed by atoms with van der Waals surface area (Å²) in [6.07, 6.45) is 4.49. The SMILES string of the molecule is C[Si](C)(C)n1cnc2ncnc(C3=NC(Cc4ccccc4)CS3)c21. The molecule has 0 saturated heterocycles. The van der Waals surface area contributed by atoms with Crippen LogP contribution in [-0.2, 0) is 6.42 Å². The van der Waals surface area contributed by atoms with Crippen molar-refractivity contribution in [2.24, 2.45) is 4.99 Å². The highest BCUT2D eigenvalue weighted by atomic mass is 32.2. The second-order valence-electron chi connectivity index (χ2n) is 7.27. The first-order chi connectivity index (χ1) is 12.0. The molecular weight excluding hydrogens is 346 g/mol. The molecule has 0 radical (unpaired) electrons. The van der Waals surface area contributed by atoms with Crippen molar-refractivity contribution in [1.82, 2.24) is 19.2 Å². The molecule has 1 atom stereocenters. The van der Waals surface area contributed by atoms with Gasteiger partial charge in [-0.05, 0) is 12.0 Å². The van der Waals surface area contributed by atoms with Gasteiger partial charge in [-0.3, -0.25) is 4.99 Å². The number of imidazole rings is 1. The van der Waals surface area contributed by atoms with E-state index in [1.807, 2.05) is 6.33 Å². The summed E-state index contributed by atoms with van der Waals surface area (Å²) in [4.78, 5) is 18.4. The zero-order valence-corrected chi connectivity index (χ0v) is 16.5. The van der Waals surface area contributed by atoms with Gasteiger partial charge in [-0.25, -0.2) is 15.0 Å². The van der Waals surface area contributed by atoms with E-state index in [0.29, 0.717) is 6.04 Å². The summed E-state index contributed by atoms with van der Waals surface area (Å²) >= 11 is 1.79. The predicted molar refractivity (Wildman–Crippen MR) is 107 cm³/mol. The Labute approximate surface area is 152 Å². The molecule has 1 aromatic carbocycles. The summed E-state index contributed by atoms with van der Waals surface area (Å²) in [5.41, 5.74) is 4.07. The van der Waals surface area contributed by atoms with E-state index in [4.69, 9.17) is 4.99 Å². The molecule has 1 aliphatic rings. The lowest BCUT2D eigenvalue weighted by atomic mass is 10.1. The standard InChI is InChI=1S/C18H21N5SSi/c1-25(2,3)23-12-21-17-16(23)15(19-11-20-17)18-22-14(10-24-18)9-13-7-5-4-6-8-13/h4-8,11-12,14H,9-10H2,1-3H3. The Morgan fingerprint density at radius 1 is 1.12 bits per heavy atom. The molecule has 0 amide bonds. The third-order valence-corrected chi connectivity index (χ3v) is 7.20. The first-order valence-electron chi connectivity index (χ1n) is 8.46. The van der Waals surface area contributed by atoms with Crippen LogP contribution in [0.1, 0.15) is 11.3 Å². The van der Waals surface area contributed by atoms with Crippen molar-refractivity contribution in [3.05, 3.63) is 54.2 Å². The average Bonchev–Trinajstić information content (AvgIpc) is 3.21. The van der Waals surface area contributed by atoms with Crippen LogP contribution in [0.4, 0.5) is 0 Å². The van der Waals surface area contributed by atoms with Crippen LogP contribution >= 0.6 is 11.8 Å². The first kappa shape index (κ1) is 16.5. The van der Waals surface area contributed by atoms with Crippen molar-refractivity contribution in [2.45, 2.75) is 32.1 Å². The van der Waals surface area contributed by atoms with Crippen molar-refractivity contribution in [2.75, 3.05) is 5.75 Å². The molecule has 3 aromatic rings. The fourth-order valence-corrected chi connectivity index (χ4v) is 5.39. The summed E-state index contributed by atoms with van der Waals surface area (Å²) in [6.45, 7) is 6.89. The minimum atomic E-state index is -1.60. The molecule has 4 rings (SSSR count). The summed E-state index contributed by atoms with van der Waals surface area (Å²) in [5.74, 6) is 0.997. The van der Waals surface area contributed by atoms with E-state index in [0.717, 1.165) is 34.1 Å². The number of thioether (sulfide) groups is 1. The number of nitrogens with zero attached hydrogens (tertiary/aromatic N) is 5. The molecule has 0 saturated carbocycles. The summed E-state index contributed by atoms with van der Waals surface area (Å²) in [6, 6.07) is 10.9. The molecule has 2 aromatic heterocycles. The number of aromatic nitrogens is 4. The molecule has 0 aliphatic carbocycles. The largest absolute Gasteiger partial charge is 0.356 e. The van der Waals surface area contributed by atoms with Crippen LogP contribution in [0, 0.1) is 0 Å². The van der Waals surface area contributed by atoms with E-state index in [-0.39, 0.29) is 0 Å². The van der Waals surface area contributed by atoms with Gasteiger partial charge in [0.15, 0.2) is 13.9 Å². The Morgan fingerprint density at radius 3 is 2.68 bits per heavy atom. The fourth-order valence-electron chi connectivity index (χ4n) is 3.06. The Hall–Kier alpha value is -1.99. The molecule has 0 fully saturated rings. The van der Waals surface area contributed by atoms with Gasteiger partial charge in [0, 0.05) is 5.75 Å². The molecule has 1 aliphatic heterocycles. The van der Waals surface area contributed by atoms with Crippen LogP contribution in [0.15, 0.2) is 48.0 Å². The molecule has 3 heterocycles. The molecule has 128 valence electrons. The lowest BCUT2D eigenvalue weighted by Gasteiger charge is -2.19. The van der Waals surface area contributed by atoms with E-state index in [2.05, 4.69) is 69.2 Å². The predicted octanol–water partition coefficient (Wildman–Crippen LogP) is 3.61. The maximum Gasteiger partial charge on any atom is 0.180 e. The first-order valence-corrected chi connectivity index (χ1v) is 12.9. The zero-order valence-electron chi connectivity index (χ0n) is 14.7. The average molecular weight is 368 g/mol. The third kappa shape index (κ3) is 3.26. The maximum absolute atomic E-state index is 4.97. The molecule has 0 bridgehead atoms. The fraction of sp³-hybridized carbons (Fsp3) is 0.333. The lowest BCUT2D eigenvalue weighted by Crippen LogP contribution is -2.31. The number of rotatable bonds is 4. The monoisotopic (exact) mass is 367 g/mol. The van der Waals surface area contributed by atoms with Crippen molar-refractivity contribution >= 4 is 36.2 Å². The normalized spacial score (nSPS) is 17.9. The molecule has 0 N–H and O–H groups in total. The van der Waals surface area contributed by atoms with E-state index in [9.17, 15) is 0 Å². The van der Waals surface area contributed by atoms with E-state index < -0.39 is 8.24 Å². The van der Waals surface area contributed by atoms with E-state index >= 15 is 0 Å². The minimum absolute atomic E-state index is 0.302. The van der Waals surface area contributed by atoms with Crippen LogP contribution in [0.2, 0.25) is 19.6 Å². The molecule has 5 nitrogen and oxygen atoms in total. The Kier molecular flexibility index (Phi) is 4.21. The maximum atomic E-state index is 4.97. The highest BCUT2D eigenvalue weighted by Gasteiger charge is 2.27. The number of benzene rings is 1. The Morgan fingerprint density at radius 2 is 1.92 bits per heavy atom. The van der Waals surface area contributed by atoms with Crippen LogP contribution in [0.25, 0.3) is 11.2 Å². The summed E-state index contributed by atoms with van der Waals surface area (Å²) in [5, 5.41) is 1.02. The topological polar surface area (TPSA) is 56.0 Å². The summed E-state index contributed by atoms with van der Waals surface area (Å²) in [7, 11) is -1.60. The van der Waals surface area contributed by atoms with Crippen molar-refractivity contribution in [3.8, 4) is 0 Å². The van der Waals surface area contributed by atoms with E-state index in [1.165, 1.54) is 5.56 Å². The highest BCUT2D eigenvalue weighted by Crippen LogP contribution is 2.28. The van der Waals surface area contributed by atoms with Gasteiger partial charge in [0.1, 0.15) is 22.6 Å². The van der Waals surface area contributed by atoms with Gasteiger partial charge in [-0.15, -0.1) is 11.8 Å². The number of fused-ring (bicyclic) bond motifs is 1. The number of aliphatic imine (C=N–C) groups is 1. The number of hydrogen-bond acceptors (Lipinski definition) is 5. The van der Waals surface area contributed by atoms with Crippen LogP contribution in [0.3, 0.4) is 0 Å². The van der Waals surface area contributed by atoms with Crippen LogP contribution in [-0.4, -0.2) is 44.3 Å². The van der Waals surface area contributed by atoms with E-state index in [1.54, 1.807) is 18.1 Å². The second-order valence-corrected chi connectivity index (χ2v) is 13.1. The van der Waals surface area contributed by atoms with Gasteiger partial charge in [0.2, 0.25) is 0 Å². The Bertz CT molecular complexity index is 930. The molecule has 1 unspecified atom stereocenters. The van der Waals surface area contributed by atoms with Gasteiger partial charge in [0.25, 0.3) is 0 Å². The van der Waals surface area contributed by atoms with Crippen molar-refractivity contribution < 1.29 is 0 Å². The highest BCUT2D eigenvalue weighted by molar-refractivity contribution is 8.14. The van der Waals surface area contributed by atoms with Gasteiger partial charge < -0.3 is 4.23 Å². The Balaban J connectivity index is 1.70. The van der Waals surface area contributed by atoms with Gasteiger partial charge in [-0.1, -0.05) is 50.0 Å². The molecular formula is C18H21N5SSi. The summed E-state index contributed by atoms with van der Waals surface area (Å²) < 4.78 is 2.28. The molecule has 0 spiro atoms. The molecule has 7 heteroatoms. The quantitative estimate of drug-likeness (QED) is 0.661. The van der Waals surface area contributed by atoms with Crippen molar-refractivity contribution in [1.29, 1.82) is 0 Å². The molecule has 25 heavy (non-hydrogen) atoms. The smallest absolute Gasteiger partial charge is 0.180 e. The number of hydrogen-bond donors (Lipinski definition) is 0. The van der Waals surface area contributed by atoms with Crippen LogP contribution < -0.4 is 0 Å². The van der Waals surface area contributed by atoms with Gasteiger partial charge >= 0.3 is 0 Å². The van der Waals surface area contributed by atoms with Gasteiger partial charge in [0.05, 0.1) is 12.4 Å². The lowest BCUT2D eigenvalue weighted by molar-refractivity contribution is 0.762. The zero-order chi connectivity index (χ0) is 17.4. The third-order valence-electron chi connectivity index (χ3n) is 4.29. The van der Waals surface area contributed by atoms with Gasteiger partial charge in [-0.2, -0.15) is 0 Å². The van der Waals surface area contributed by atoms with Crippen molar-refractivity contribution in [3.63, 3.8) is 0 Å². The van der Waals surface area contributed by atoms with Crippen LogP contribution in [0.5, 0.6) is 0 Å². The minimum Gasteiger partial charge on any atom is -0.356 e.